The zero-order valence-corrected chi connectivity index (χ0v) is 10.3. The summed E-state index contributed by atoms with van der Waals surface area (Å²) < 4.78 is 10.6. The van der Waals surface area contributed by atoms with Crippen molar-refractivity contribution in [3.63, 3.8) is 0 Å². The fourth-order valence-electron chi connectivity index (χ4n) is 1.84. The molecule has 0 spiro atoms. The van der Waals surface area contributed by atoms with Crippen LogP contribution in [0.5, 0.6) is 11.5 Å². The zero-order chi connectivity index (χ0) is 13.0. The van der Waals surface area contributed by atoms with Crippen LogP contribution < -0.4 is 14.8 Å². The molecule has 1 unspecified atom stereocenters. The first-order valence-corrected chi connectivity index (χ1v) is 5.99. The molecule has 1 aliphatic rings. The third-order valence-electron chi connectivity index (χ3n) is 2.90. The van der Waals surface area contributed by atoms with E-state index < -0.39 is 5.97 Å². The van der Waals surface area contributed by atoms with Gasteiger partial charge < -0.3 is 19.9 Å². The summed E-state index contributed by atoms with van der Waals surface area (Å²) in [6.45, 7) is 2.27. The highest BCUT2D eigenvalue weighted by molar-refractivity contribution is 5.69. The highest BCUT2D eigenvalue weighted by atomic mass is 16.7. The number of carboxylic acid groups (broad SMARTS) is 1. The molecule has 0 bridgehead atoms. The number of rotatable bonds is 6. The van der Waals surface area contributed by atoms with Crippen molar-refractivity contribution in [2.75, 3.05) is 13.3 Å². The second-order valence-corrected chi connectivity index (χ2v) is 4.40. The fourth-order valence-corrected chi connectivity index (χ4v) is 1.84. The number of carbonyl (C=O) groups is 1. The Balaban J connectivity index is 1.81. The molecule has 1 atom stereocenters. The van der Waals surface area contributed by atoms with Crippen LogP contribution in [-0.2, 0) is 11.2 Å². The van der Waals surface area contributed by atoms with E-state index in [4.69, 9.17) is 14.6 Å². The number of aryl methyl sites for hydroxylation is 1. The first-order chi connectivity index (χ1) is 8.65. The van der Waals surface area contributed by atoms with Gasteiger partial charge in [-0.15, -0.1) is 0 Å². The Kier molecular flexibility index (Phi) is 4.04. The quantitative estimate of drug-likeness (QED) is 0.800. The first-order valence-electron chi connectivity index (χ1n) is 5.99. The van der Waals surface area contributed by atoms with Crippen LogP contribution in [0.15, 0.2) is 18.2 Å². The van der Waals surface area contributed by atoms with E-state index in [0.717, 1.165) is 24.3 Å². The Morgan fingerprint density at radius 3 is 3.00 bits per heavy atom. The highest BCUT2D eigenvalue weighted by Gasteiger charge is 2.13. The van der Waals surface area contributed by atoms with E-state index in [1.54, 1.807) is 0 Å². The number of nitrogens with one attached hydrogen (secondary N) is 1. The van der Waals surface area contributed by atoms with E-state index in [1.807, 2.05) is 25.1 Å². The molecule has 98 valence electrons. The molecule has 0 aliphatic carbocycles. The van der Waals surface area contributed by atoms with Crippen LogP contribution in [0.1, 0.15) is 18.9 Å². The van der Waals surface area contributed by atoms with Gasteiger partial charge in [-0.1, -0.05) is 6.07 Å². The average Bonchev–Trinajstić information content (AvgIpc) is 2.81. The molecule has 0 amide bonds. The van der Waals surface area contributed by atoms with Gasteiger partial charge in [-0.2, -0.15) is 0 Å². The van der Waals surface area contributed by atoms with Gasteiger partial charge in [0.15, 0.2) is 11.5 Å². The number of aliphatic carboxylic acids is 1. The molecule has 0 aromatic heterocycles. The number of benzene rings is 1. The van der Waals surface area contributed by atoms with E-state index in [-0.39, 0.29) is 19.4 Å². The number of fused-ring (bicyclic) bond motifs is 1. The van der Waals surface area contributed by atoms with Gasteiger partial charge in [-0.05, 0) is 37.5 Å². The molecule has 2 N–H and O–H groups in total. The lowest BCUT2D eigenvalue weighted by molar-refractivity contribution is -0.136. The van der Waals surface area contributed by atoms with E-state index in [9.17, 15) is 4.79 Å². The molecule has 1 aromatic rings. The minimum atomic E-state index is -0.829. The number of carboxylic acids is 1. The summed E-state index contributed by atoms with van der Waals surface area (Å²) in [5.74, 6) is 0.749. The third-order valence-corrected chi connectivity index (χ3v) is 2.90. The molecule has 1 heterocycles. The van der Waals surface area contributed by atoms with E-state index >= 15 is 0 Å². The summed E-state index contributed by atoms with van der Waals surface area (Å²) in [6, 6.07) is 6.07. The van der Waals surface area contributed by atoms with Gasteiger partial charge in [-0.3, -0.25) is 4.79 Å². The smallest absolute Gasteiger partial charge is 0.317 e. The summed E-state index contributed by atoms with van der Waals surface area (Å²) in [4.78, 5) is 10.4. The summed E-state index contributed by atoms with van der Waals surface area (Å²) >= 11 is 0. The van der Waals surface area contributed by atoms with Crippen LogP contribution in [0.2, 0.25) is 0 Å². The Hall–Kier alpha value is -1.75. The van der Waals surface area contributed by atoms with Crippen molar-refractivity contribution in [1.82, 2.24) is 5.32 Å². The molecule has 1 aromatic carbocycles. The first kappa shape index (κ1) is 12.7. The number of hydrogen-bond acceptors (Lipinski definition) is 4. The second-order valence-electron chi connectivity index (χ2n) is 4.40. The summed E-state index contributed by atoms with van der Waals surface area (Å²) in [5, 5.41) is 11.5. The SMILES string of the molecule is CC(CCc1ccc2c(c1)OCO2)NCC(=O)O. The largest absolute Gasteiger partial charge is 0.480 e. The molecule has 0 saturated heterocycles. The maximum atomic E-state index is 10.4. The van der Waals surface area contributed by atoms with Crippen LogP contribution in [0.25, 0.3) is 0 Å². The van der Waals surface area contributed by atoms with Crippen molar-refractivity contribution < 1.29 is 19.4 Å². The van der Waals surface area contributed by atoms with Crippen molar-refractivity contribution in [2.24, 2.45) is 0 Å². The Morgan fingerprint density at radius 1 is 1.44 bits per heavy atom. The van der Waals surface area contributed by atoms with Crippen molar-refractivity contribution in [1.29, 1.82) is 0 Å². The maximum absolute atomic E-state index is 10.4. The number of hydrogen-bond donors (Lipinski definition) is 2. The van der Waals surface area contributed by atoms with Gasteiger partial charge in [0.05, 0.1) is 6.54 Å². The van der Waals surface area contributed by atoms with Gasteiger partial charge >= 0.3 is 5.97 Å². The van der Waals surface area contributed by atoms with Gasteiger partial charge in [-0.25, -0.2) is 0 Å². The van der Waals surface area contributed by atoms with Crippen LogP contribution in [-0.4, -0.2) is 30.5 Å². The maximum Gasteiger partial charge on any atom is 0.317 e. The zero-order valence-electron chi connectivity index (χ0n) is 10.3. The number of ether oxygens (including phenoxy) is 2. The van der Waals surface area contributed by atoms with Gasteiger partial charge in [0, 0.05) is 6.04 Å². The minimum absolute atomic E-state index is 0.00229. The van der Waals surface area contributed by atoms with E-state index in [0.29, 0.717) is 0 Å². The predicted molar refractivity (Wildman–Crippen MR) is 66.0 cm³/mol. The van der Waals surface area contributed by atoms with E-state index in [1.165, 1.54) is 5.56 Å². The van der Waals surface area contributed by atoms with Crippen molar-refractivity contribution in [3.05, 3.63) is 23.8 Å². The molecule has 0 fully saturated rings. The van der Waals surface area contributed by atoms with Crippen molar-refractivity contribution >= 4 is 5.97 Å². The molecule has 0 radical (unpaired) electrons. The molecule has 1 aliphatic heterocycles. The molecule has 18 heavy (non-hydrogen) atoms. The molecule has 5 nitrogen and oxygen atoms in total. The molecule has 5 heteroatoms. The predicted octanol–water partition coefficient (Wildman–Crippen LogP) is 1.41. The second kappa shape index (κ2) is 5.73. The topological polar surface area (TPSA) is 67.8 Å². The van der Waals surface area contributed by atoms with Gasteiger partial charge in [0.1, 0.15) is 0 Å². The highest BCUT2D eigenvalue weighted by Crippen LogP contribution is 2.32. The average molecular weight is 251 g/mol. The Morgan fingerprint density at radius 2 is 2.22 bits per heavy atom. The van der Waals surface area contributed by atoms with Crippen LogP contribution in [0.4, 0.5) is 0 Å². The molecular weight excluding hydrogens is 234 g/mol. The fraction of sp³-hybridized carbons (Fsp3) is 0.462. The van der Waals surface area contributed by atoms with Crippen LogP contribution in [0.3, 0.4) is 0 Å². The van der Waals surface area contributed by atoms with Crippen molar-refractivity contribution in [2.45, 2.75) is 25.8 Å². The van der Waals surface area contributed by atoms with Crippen LogP contribution >= 0.6 is 0 Å². The standard InChI is InChI=1S/C13H17NO4/c1-9(14-7-13(15)16)2-3-10-4-5-11-12(6-10)18-8-17-11/h4-6,9,14H,2-3,7-8H2,1H3,(H,15,16). The summed E-state index contributed by atoms with van der Waals surface area (Å²) in [5.41, 5.74) is 1.17. The lowest BCUT2D eigenvalue weighted by Crippen LogP contribution is -2.31. The summed E-state index contributed by atoms with van der Waals surface area (Å²) in [7, 11) is 0. The van der Waals surface area contributed by atoms with Crippen molar-refractivity contribution in [3.8, 4) is 11.5 Å². The monoisotopic (exact) mass is 251 g/mol. The van der Waals surface area contributed by atoms with Gasteiger partial charge in [0.2, 0.25) is 6.79 Å². The molecular formula is C13H17NO4. The Labute approximate surface area is 106 Å². The lowest BCUT2D eigenvalue weighted by Gasteiger charge is -2.12. The lowest BCUT2D eigenvalue weighted by atomic mass is 10.1. The minimum Gasteiger partial charge on any atom is -0.480 e. The van der Waals surface area contributed by atoms with E-state index in [2.05, 4.69) is 5.32 Å². The Bertz CT molecular complexity index is 433. The van der Waals surface area contributed by atoms with Gasteiger partial charge in [0.25, 0.3) is 0 Å². The summed E-state index contributed by atoms with van der Waals surface area (Å²) in [6.07, 6.45) is 1.76. The normalized spacial score (nSPS) is 14.5. The van der Waals surface area contributed by atoms with Crippen LogP contribution in [0, 0.1) is 0 Å². The third kappa shape index (κ3) is 3.37. The molecule has 0 saturated carbocycles. The molecule has 2 rings (SSSR count).